The highest BCUT2D eigenvalue weighted by Gasteiger charge is 2.46. The van der Waals surface area contributed by atoms with Crippen LogP contribution in [-0.4, -0.2) is 63.2 Å². The molecule has 1 saturated carbocycles. The van der Waals surface area contributed by atoms with Crippen molar-refractivity contribution in [2.24, 2.45) is 5.92 Å². The minimum atomic E-state index is -1.30. The molecule has 2 aromatic rings. The number of carbonyl (C=O) groups excluding carboxylic acids is 4. The number of phenols is 1. The predicted molar refractivity (Wildman–Crippen MR) is 176 cm³/mol. The van der Waals surface area contributed by atoms with Crippen LogP contribution in [0.4, 0.5) is 4.79 Å². The summed E-state index contributed by atoms with van der Waals surface area (Å²) in [7, 11) is 0. The lowest BCUT2D eigenvalue weighted by atomic mass is 9.96. The molecule has 0 aromatic heterocycles. The van der Waals surface area contributed by atoms with E-state index < -0.39 is 53.2 Å². The molecule has 3 rings (SSSR count). The summed E-state index contributed by atoms with van der Waals surface area (Å²) in [6, 6.07) is 10.6. The molecule has 0 aliphatic heterocycles. The second-order valence-corrected chi connectivity index (χ2v) is 14.5. The molecule has 0 heterocycles. The van der Waals surface area contributed by atoms with Crippen LogP contribution in [0.15, 0.2) is 48.5 Å². The molecule has 3 amide bonds. The highest BCUT2D eigenvalue weighted by Crippen LogP contribution is 2.39. The third-order valence-electron chi connectivity index (χ3n) is 7.27. The number of hydrogen-bond donors (Lipinski definition) is 3. The molecule has 3 N–H and O–H groups in total. The SMILES string of the molecule is Cc1cccc(C(C(=O)NC(Cc2ccccc2)C(=O)OC(C)(C)C)N(C(=O)C(CC(C)C)NC(=O)OC(C)(C)C)C2CC2)c1O. The van der Waals surface area contributed by atoms with Gasteiger partial charge in [-0.25, -0.2) is 9.59 Å². The Hall–Kier alpha value is -4.08. The van der Waals surface area contributed by atoms with E-state index in [9.17, 15) is 24.3 Å². The van der Waals surface area contributed by atoms with Gasteiger partial charge in [0.2, 0.25) is 11.8 Å². The number of esters is 1. The topological polar surface area (TPSA) is 134 Å². The van der Waals surface area contributed by atoms with Crippen molar-refractivity contribution in [3.63, 3.8) is 0 Å². The normalized spacial score (nSPS) is 15.3. The lowest BCUT2D eigenvalue weighted by Gasteiger charge is -2.36. The molecule has 1 fully saturated rings. The second-order valence-electron chi connectivity index (χ2n) is 14.5. The first kappa shape index (κ1) is 36.4. The number of aryl methyl sites for hydroxylation is 1. The number of hydrogen-bond acceptors (Lipinski definition) is 7. The van der Waals surface area contributed by atoms with Crippen molar-refractivity contribution in [1.29, 1.82) is 0 Å². The molecular formula is C36H51N3O7. The molecule has 1 aliphatic rings. The van der Waals surface area contributed by atoms with Crippen LogP contribution in [0.2, 0.25) is 0 Å². The number of aromatic hydroxyl groups is 1. The van der Waals surface area contributed by atoms with Gasteiger partial charge in [0.1, 0.15) is 35.1 Å². The van der Waals surface area contributed by atoms with E-state index in [1.54, 1.807) is 66.7 Å². The van der Waals surface area contributed by atoms with Gasteiger partial charge in [-0.15, -0.1) is 0 Å². The summed E-state index contributed by atoms with van der Waals surface area (Å²) in [6.07, 6.45) is 0.991. The summed E-state index contributed by atoms with van der Waals surface area (Å²) in [5.74, 6) is -1.84. The fraction of sp³-hybridized carbons (Fsp3) is 0.556. The molecule has 46 heavy (non-hydrogen) atoms. The van der Waals surface area contributed by atoms with Crippen LogP contribution in [0.25, 0.3) is 0 Å². The Bertz CT molecular complexity index is 1370. The molecule has 10 nitrogen and oxygen atoms in total. The van der Waals surface area contributed by atoms with Gasteiger partial charge in [0, 0.05) is 18.0 Å². The summed E-state index contributed by atoms with van der Waals surface area (Å²) in [5, 5.41) is 16.8. The molecule has 10 heteroatoms. The number of rotatable bonds is 12. The van der Waals surface area contributed by atoms with E-state index >= 15 is 0 Å². The molecule has 1 aliphatic carbocycles. The van der Waals surface area contributed by atoms with Gasteiger partial charge >= 0.3 is 12.1 Å². The summed E-state index contributed by atoms with van der Waals surface area (Å²) in [4.78, 5) is 56.7. The zero-order valence-electron chi connectivity index (χ0n) is 28.7. The maximum absolute atomic E-state index is 14.5. The summed E-state index contributed by atoms with van der Waals surface area (Å²) >= 11 is 0. The largest absolute Gasteiger partial charge is 0.507 e. The minimum absolute atomic E-state index is 0.0204. The fourth-order valence-corrected chi connectivity index (χ4v) is 5.18. The number of nitrogens with zero attached hydrogens (tertiary/aromatic N) is 1. The van der Waals surface area contributed by atoms with Crippen molar-refractivity contribution in [2.75, 3.05) is 0 Å². The second kappa shape index (κ2) is 15.0. The van der Waals surface area contributed by atoms with Gasteiger partial charge in [-0.05, 0) is 84.8 Å². The van der Waals surface area contributed by atoms with Gasteiger partial charge in [0.25, 0.3) is 0 Å². The Labute approximate surface area is 273 Å². The molecule has 0 spiro atoms. The number of alkyl carbamates (subject to hydrolysis) is 1. The van der Waals surface area contributed by atoms with Crippen LogP contribution in [0.1, 0.15) is 97.4 Å². The Kier molecular flexibility index (Phi) is 11.9. The molecule has 0 saturated heterocycles. The lowest BCUT2D eigenvalue weighted by molar-refractivity contribution is -0.159. The van der Waals surface area contributed by atoms with Crippen LogP contribution in [-0.2, 0) is 30.3 Å². The van der Waals surface area contributed by atoms with Crippen molar-refractivity contribution in [2.45, 2.75) is 123 Å². The van der Waals surface area contributed by atoms with Crippen molar-refractivity contribution in [1.82, 2.24) is 15.5 Å². The molecule has 2 aromatic carbocycles. The van der Waals surface area contributed by atoms with Gasteiger partial charge in [-0.3, -0.25) is 9.59 Å². The first-order valence-electron chi connectivity index (χ1n) is 16.0. The first-order chi connectivity index (χ1) is 21.4. The van der Waals surface area contributed by atoms with Crippen molar-refractivity contribution in [3.05, 3.63) is 65.2 Å². The lowest BCUT2D eigenvalue weighted by Crippen LogP contribution is -2.55. The summed E-state index contributed by atoms with van der Waals surface area (Å²) in [5.41, 5.74) is -0.0322. The average molecular weight is 638 g/mol. The van der Waals surface area contributed by atoms with E-state index in [0.717, 1.165) is 5.56 Å². The number of carbonyl (C=O) groups is 4. The Morgan fingerprint density at radius 2 is 1.48 bits per heavy atom. The van der Waals surface area contributed by atoms with E-state index in [2.05, 4.69) is 10.6 Å². The average Bonchev–Trinajstić information content (AvgIpc) is 3.76. The van der Waals surface area contributed by atoms with Crippen LogP contribution in [0.3, 0.4) is 0 Å². The van der Waals surface area contributed by atoms with Gasteiger partial charge in [0.15, 0.2) is 0 Å². The molecule has 3 unspecified atom stereocenters. The number of ether oxygens (including phenoxy) is 2. The Morgan fingerprint density at radius 3 is 2.02 bits per heavy atom. The quantitative estimate of drug-likeness (QED) is 0.253. The molecule has 3 atom stereocenters. The van der Waals surface area contributed by atoms with E-state index in [1.807, 2.05) is 44.2 Å². The monoisotopic (exact) mass is 637 g/mol. The van der Waals surface area contributed by atoms with Crippen LogP contribution in [0.5, 0.6) is 5.75 Å². The van der Waals surface area contributed by atoms with Crippen LogP contribution < -0.4 is 10.6 Å². The van der Waals surface area contributed by atoms with Crippen LogP contribution in [0, 0.1) is 12.8 Å². The van der Waals surface area contributed by atoms with E-state index in [4.69, 9.17) is 9.47 Å². The highest BCUT2D eigenvalue weighted by molar-refractivity contribution is 5.94. The maximum atomic E-state index is 14.5. The number of phenolic OH excluding ortho intramolecular Hbond substituents is 1. The number of amides is 3. The van der Waals surface area contributed by atoms with Gasteiger partial charge in [0.05, 0.1) is 0 Å². The number of para-hydroxylation sites is 1. The third kappa shape index (κ3) is 10.8. The van der Waals surface area contributed by atoms with Gasteiger partial charge in [-0.2, -0.15) is 0 Å². The fourth-order valence-electron chi connectivity index (χ4n) is 5.18. The van der Waals surface area contributed by atoms with Crippen molar-refractivity contribution in [3.8, 4) is 5.75 Å². The Balaban J connectivity index is 2.07. The molecule has 0 radical (unpaired) electrons. The van der Waals surface area contributed by atoms with E-state index in [-0.39, 0.29) is 29.7 Å². The zero-order chi connectivity index (χ0) is 34.4. The number of benzene rings is 2. The van der Waals surface area contributed by atoms with Crippen LogP contribution >= 0.6 is 0 Å². The molecule has 252 valence electrons. The molecule has 0 bridgehead atoms. The predicted octanol–water partition coefficient (Wildman–Crippen LogP) is 5.74. The van der Waals surface area contributed by atoms with Crippen molar-refractivity contribution < 1.29 is 33.8 Å². The van der Waals surface area contributed by atoms with Gasteiger partial charge in [-0.1, -0.05) is 62.4 Å². The van der Waals surface area contributed by atoms with Crippen molar-refractivity contribution >= 4 is 23.9 Å². The van der Waals surface area contributed by atoms with E-state index in [1.165, 1.54) is 4.90 Å². The zero-order valence-corrected chi connectivity index (χ0v) is 28.7. The Morgan fingerprint density at radius 1 is 0.870 bits per heavy atom. The standard InChI is InChI=1S/C36H51N3O7/c1-22(2)20-27(38-34(44)46-36(7,8)9)32(42)39(25-18-19-25)29(26-17-13-14-23(3)30(26)40)31(41)37-28(33(43)45-35(4,5)6)21-24-15-11-10-12-16-24/h10-17,22,25,27-29,40H,18-21H2,1-9H3,(H,37,41)(H,38,44). The summed E-state index contributed by atoms with van der Waals surface area (Å²) in [6.45, 7) is 16.0. The smallest absolute Gasteiger partial charge is 0.408 e. The van der Waals surface area contributed by atoms with E-state index in [0.29, 0.717) is 24.8 Å². The third-order valence-corrected chi connectivity index (χ3v) is 7.27. The first-order valence-corrected chi connectivity index (χ1v) is 16.0. The molecular weight excluding hydrogens is 586 g/mol. The number of nitrogens with one attached hydrogen (secondary N) is 2. The van der Waals surface area contributed by atoms with Gasteiger partial charge < -0.3 is 30.1 Å². The minimum Gasteiger partial charge on any atom is -0.507 e. The summed E-state index contributed by atoms with van der Waals surface area (Å²) < 4.78 is 11.2. The maximum Gasteiger partial charge on any atom is 0.408 e. The highest BCUT2D eigenvalue weighted by atomic mass is 16.6.